The molecule has 0 spiro atoms. The lowest BCUT2D eigenvalue weighted by molar-refractivity contribution is 0.635. The van der Waals surface area contributed by atoms with E-state index in [1.54, 1.807) is 6.20 Å². The first-order valence-corrected chi connectivity index (χ1v) is 7.12. The van der Waals surface area contributed by atoms with Gasteiger partial charge in [-0.2, -0.15) is 11.8 Å². The molecule has 0 aliphatic carbocycles. The van der Waals surface area contributed by atoms with Crippen LogP contribution in [-0.4, -0.2) is 27.0 Å². The molecule has 1 aliphatic rings. The van der Waals surface area contributed by atoms with Crippen molar-refractivity contribution in [2.24, 2.45) is 5.73 Å². The Morgan fingerprint density at radius 2 is 2.53 bits per heavy atom. The van der Waals surface area contributed by atoms with Crippen LogP contribution < -0.4 is 11.1 Å². The molecule has 1 atom stereocenters. The monoisotopic (exact) mass is 267 g/mol. The lowest BCUT2D eigenvalue weighted by Gasteiger charge is -2.23. The number of aromatic nitrogens is 1. The Morgan fingerprint density at radius 1 is 1.71 bits per heavy atom. The minimum absolute atomic E-state index is 0.343. The maximum atomic E-state index is 5.56. The molecule has 2 rings (SSSR count). The number of hydrogen-bond donors (Lipinski definition) is 2. The number of nitrogens with zero attached hydrogens (tertiary/aromatic N) is 1. The fraction of sp³-hybridized carbons (Fsp3) is 0.500. The zero-order valence-corrected chi connectivity index (χ0v) is 11.5. The van der Waals surface area contributed by atoms with Gasteiger partial charge in [0.25, 0.3) is 0 Å². The third-order valence-corrected chi connectivity index (χ3v) is 4.73. The highest BCUT2D eigenvalue weighted by Crippen LogP contribution is 2.37. The summed E-state index contributed by atoms with van der Waals surface area (Å²) in [5.41, 5.74) is 7.28. The number of hydrogen-bond acceptors (Lipinski definition) is 4. The van der Waals surface area contributed by atoms with E-state index in [9.17, 15) is 0 Å². The Kier molecular flexibility index (Phi) is 3.89. The average molecular weight is 267 g/mol. The molecule has 3 N–H and O–H groups in total. The number of nitrogens with two attached hydrogens (primary N) is 1. The first kappa shape index (κ1) is 12.6. The smallest absolute Gasteiger partial charge is 0.122 e. The summed E-state index contributed by atoms with van der Waals surface area (Å²) < 4.78 is 0.354. The fourth-order valence-corrected chi connectivity index (χ4v) is 3.30. The number of rotatable bonds is 4. The van der Waals surface area contributed by atoms with Crippen molar-refractivity contribution < 1.29 is 0 Å². The predicted molar refractivity (Wildman–Crippen MR) is 78.7 cm³/mol. The third kappa shape index (κ3) is 3.33. The van der Waals surface area contributed by atoms with Crippen molar-refractivity contribution >= 4 is 34.7 Å². The SMILES string of the molecule is CC1(CNc2ccnc(C(N)=S)c2)CCCS1. The van der Waals surface area contributed by atoms with Crippen molar-refractivity contribution in [1.29, 1.82) is 0 Å². The molecule has 0 radical (unpaired) electrons. The van der Waals surface area contributed by atoms with Crippen LogP contribution in [0.5, 0.6) is 0 Å². The molecule has 1 saturated heterocycles. The molecule has 92 valence electrons. The normalized spacial score (nSPS) is 23.6. The summed E-state index contributed by atoms with van der Waals surface area (Å²) in [5.74, 6) is 1.27. The van der Waals surface area contributed by atoms with Crippen LogP contribution in [0.2, 0.25) is 0 Å². The first-order valence-electron chi connectivity index (χ1n) is 5.73. The average Bonchev–Trinajstić information content (AvgIpc) is 2.75. The van der Waals surface area contributed by atoms with Crippen LogP contribution in [0.1, 0.15) is 25.5 Å². The van der Waals surface area contributed by atoms with Gasteiger partial charge in [-0.3, -0.25) is 4.98 Å². The molecule has 5 heteroatoms. The zero-order valence-electron chi connectivity index (χ0n) is 9.90. The summed E-state index contributed by atoms with van der Waals surface area (Å²) in [7, 11) is 0. The quantitative estimate of drug-likeness (QED) is 0.821. The largest absolute Gasteiger partial charge is 0.388 e. The molecule has 0 amide bonds. The van der Waals surface area contributed by atoms with E-state index in [0.29, 0.717) is 15.4 Å². The lowest BCUT2D eigenvalue weighted by atomic mass is 10.1. The molecular weight excluding hydrogens is 250 g/mol. The highest BCUT2D eigenvalue weighted by atomic mass is 32.2. The second-order valence-corrected chi connectivity index (χ2v) is 6.67. The standard InChI is InChI=1S/C12H17N3S2/c1-12(4-2-6-17-12)8-15-9-3-5-14-10(7-9)11(13)16/h3,5,7H,2,4,6,8H2,1H3,(H2,13,16)(H,14,15). The highest BCUT2D eigenvalue weighted by molar-refractivity contribution is 8.00. The van der Waals surface area contributed by atoms with Gasteiger partial charge in [0.05, 0.1) is 5.69 Å². The summed E-state index contributed by atoms with van der Waals surface area (Å²) in [4.78, 5) is 4.47. The van der Waals surface area contributed by atoms with Crippen LogP contribution in [0.3, 0.4) is 0 Å². The van der Waals surface area contributed by atoms with Gasteiger partial charge in [0.1, 0.15) is 4.99 Å². The number of thioether (sulfide) groups is 1. The second-order valence-electron chi connectivity index (χ2n) is 4.55. The number of nitrogens with one attached hydrogen (secondary N) is 1. The van der Waals surface area contributed by atoms with E-state index in [-0.39, 0.29) is 0 Å². The van der Waals surface area contributed by atoms with Crippen LogP contribution in [0.4, 0.5) is 5.69 Å². The van der Waals surface area contributed by atoms with Crippen molar-refractivity contribution in [3.63, 3.8) is 0 Å². The number of anilines is 1. The summed E-state index contributed by atoms with van der Waals surface area (Å²) in [6.45, 7) is 3.28. The van der Waals surface area contributed by atoms with Gasteiger partial charge in [-0.05, 0) is 37.7 Å². The van der Waals surface area contributed by atoms with Gasteiger partial charge < -0.3 is 11.1 Å². The molecular formula is C12H17N3S2. The molecule has 3 nitrogen and oxygen atoms in total. The molecule has 1 unspecified atom stereocenters. The minimum Gasteiger partial charge on any atom is -0.388 e. The van der Waals surface area contributed by atoms with Gasteiger partial charge in [0.2, 0.25) is 0 Å². The first-order chi connectivity index (χ1) is 8.09. The Balaban J connectivity index is 1.99. The van der Waals surface area contributed by atoms with E-state index in [2.05, 4.69) is 17.2 Å². The molecule has 0 aromatic carbocycles. The minimum atomic E-state index is 0.343. The Morgan fingerprint density at radius 3 is 3.18 bits per heavy atom. The molecule has 1 aromatic heterocycles. The summed E-state index contributed by atoms with van der Waals surface area (Å²) in [6.07, 6.45) is 4.33. The molecule has 2 heterocycles. The number of thiocarbonyl (C=S) groups is 1. The third-order valence-electron chi connectivity index (χ3n) is 2.98. The second kappa shape index (κ2) is 5.23. The van der Waals surface area contributed by atoms with Gasteiger partial charge in [-0.15, -0.1) is 0 Å². The predicted octanol–water partition coefficient (Wildman–Crippen LogP) is 2.41. The lowest BCUT2D eigenvalue weighted by Crippen LogP contribution is -2.27. The van der Waals surface area contributed by atoms with Gasteiger partial charge in [-0.1, -0.05) is 12.2 Å². The molecule has 0 bridgehead atoms. The van der Waals surface area contributed by atoms with Crippen molar-refractivity contribution in [2.45, 2.75) is 24.5 Å². The Hall–Kier alpha value is -0.810. The van der Waals surface area contributed by atoms with Crippen molar-refractivity contribution in [3.05, 3.63) is 24.0 Å². The molecule has 17 heavy (non-hydrogen) atoms. The summed E-state index contributed by atoms with van der Waals surface area (Å²) >= 11 is 6.96. The Labute approximate surface area is 112 Å². The number of pyridine rings is 1. The van der Waals surface area contributed by atoms with E-state index in [1.165, 1.54) is 18.6 Å². The van der Waals surface area contributed by atoms with Crippen LogP contribution in [-0.2, 0) is 0 Å². The maximum Gasteiger partial charge on any atom is 0.122 e. The van der Waals surface area contributed by atoms with Crippen molar-refractivity contribution in [2.75, 3.05) is 17.6 Å². The molecule has 1 fully saturated rings. The topological polar surface area (TPSA) is 50.9 Å². The zero-order chi connectivity index (χ0) is 12.3. The van der Waals surface area contributed by atoms with Gasteiger partial charge >= 0.3 is 0 Å². The molecule has 0 saturated carbocycles. The Bertz CT molecular complexity index is 414. The van der Waals surface area contributed by atoms with Crippen LogP contribution in [0, 0.1) is 0 Å². The fourth-order valence-electron chi connectivity index (χ4n) is 1.94. The maximum absolute atomic E-state index is 5.56. The van der Waals surface area contributed by atoms with Crippen LogP contribution >= 0.6 is 24.0 Å². The molecule has 1 aromatic rings. The van der Waals surface area contributed by atoms with E-state index in [1.807, 2.05) is 23.9 Å². The van der Waals surface area contributed by atoms with Gasteiger partial charge in [0.15, 0.2) is 0 Å². The summed E-state index contributed by atoms with van der Waals surface area (Å²) in [5, 5.41) is 3.45. The van der Waals surface area contributed by atoms with Crippen LogP contribution in [0.15, 0.2) is 18.3 Å². The van der Waals surface area contributed by atoms with Crippen molar-refractivity contribution in [1.82, 2.24) is 4.98 Å². The molecule has 1 aliphatic heterocycles. The van der Waals surface area contributed by atoms with E-state index in [4.69, 9.17) is 18.0 Å². The van der Waals surface area contributed by atoms with Gasteiger partial charge in [-0.25, -0.2) is 0 Å². The van der Waals surface area contributed by atoms with Crippen molar-refractivity contribution in [3.8, 4) is 0 Å². The van der Waals surface area contributed by atoms with E-state index in [0.717, 1.165) is 12.2 Å². The van der Waals surface area contributed by atoms with Crippen LogP contribution in [0.25, 0.3) is 0 Å². The van der Waals surface area contributed by atoms with E-state index >= 15 is 0 Å². The van der Waals surface area contributed by atoms with Gasteiger partial charge in [0, 0.05) is 23.2 Å². The highest BCUT2D eigenvalue weighted by Gasteiger charge is 2.28. The van der Waals surface area contributed by atoms with E-state index < -0.39 is 0 Å². The summed E-state index contributed by atoms with van der Waals surface area (Å²) in [6, 6.07) is 3.86.